The SMILES string of the molecule is CCNCc1cccc(COc2ccc(F)cc2Cl)c1. The zero-order valence-electron chi connectivity index (χ0n) is 11.3. The van der Waals surface area contributed by atoms with Crippen LogP contribution in [0.5, 0.6) is 5.75 Å². The van der Waals surface area contributed by atoms with Gasteiger partial charge in [-0.05, 0) is 35.9 Å². The van der Waals surface area contributed by atoms with Crippen LogP contribution < -0.4 is 10.1 Å². The van der Waals surface area contributed by atoms with Gasteiger partial charge < -0.3 is 10.1 Å². The summed E-state index contributed by atoms with van der Waals surface area (Å²) in [7, 11) is 0. The molecule has 4 heteroatoms. The molecule has 0 radical (unpaired) electrons. The second kappa shape index (κ2) is 7.27. The van der Waals surface area contributed by atoms with Gasteiger partial charge in [-0.1, -0.05) is 42.8 Å². The van der Waals surface area contributed by atoms with Gasteiger partial charge in [0.2, 0.25) is 0 Å². The predicted octanol–water partition coefficient (Wildman–Crippen LogP) is 4.17. The molecule has 2 aromatic rings. The third-order valence-electron chi connectivity index (χ3n) is 2.86. The fourth-order valence-corrected chi connectivity index (χ4v) is 2.07. The lowest BCUT2D eigenvalue weighted by Crippen LogP contribution is -2.11. The summed E-state index contributed by atoms with van der Waals surface area (Å²) >= 11 is 5.92. The topological polar surface area (TPSA) is 21.3 Å². The molecule has 0 aromatic heterocycles. The van der Waals surface area contributed by atoms with Crippen molar-refractivity contribution in [3.05, 3.63) is 64.4 Å². The maximum absolute atomic E-state index is 12.9. The van der Waals surface area contributed by atoms with E-state index in [0.717, 1.165) is 18.7 Å². The van der Waals surface area contributed by atoms with Crippen LogP contribution in [0.1, 0.15) is 18.1 Å². The zero-order chi connectivity index (χ0) is 14.4. The molecule has 0 saturated carbocycles. The molecule has 0 fully saturated rings. The van der Waals surface area contributed by atoms with E-state index in [4.69, 9.17) is 16.3 Å². The zero-order valence-corrected chi connectivity index (χ0v) is 12.1. The average Bonchev–Trinajstić information content (AvgIpc) is 2.45. The second-order valence-electron chi connectivity index (χ2n) is 4.46. The summed E-state index contributed by atoms with van der Waals surface area (Å²) in [6.07, 6.45) is 0. The van der Waals surface area contributed by atoms with Gasteiger partial charge in [0.15, 0.2) is 0 Å². The number of ether oxygens (including phenoxy) is 1. The van der Waals surface area contributed by atoms with E-state index >= 15 is 0 Å². The Morgan fingerprint density at radius 1 is 1.15 bits per heavy atom. The minimum Gasteiger partial charge on any atom is -0.487 e. The van der Waals surface area contributed by atoms with Gasteiger partial charge in [-0.3, -0.25) is 0 Å². The molecule has 2 rings (SSSR count). The smallest absolute Gasteiger partial charge is 0.138 e. The van der Waals surface area contributed by atoms with Crippen LogP contribution in [0.4, 0.5) is 4.39 Å². The summed E-state index contributed by atoms with van der Waals surface area (Å²) in [6.45, 7) is 4.25. The van der Waals surface area contributed by atoms with Crippen molar-refractivity contribution in [2.24, 2.45) is 0 Å². The van der Waals surface area contributed by atoms with E-state index in [-0.39, 0.29) is 10.8 Å². The molecular weight excluding hydrogens is 277 g/mol. The molecule has 20 heavy (non-hydrogen) atoms. The first kappa shape index (κ1) is 14.8. The standard InChI is InChI=1S/C16H17ClFNO/c1-2-19-10-12-4-3-5-13(8-12)11-20-16-7-6-14(18)9-15(16)17/h3-9,19H,2,10-11H2,1H3. The maximum Gasteiger partial charge on any atom is 0.138 e. The monoisotopic (exact) mass is 293 g/mol. The molecule has 2 aromatic carbocycles. The maximum atomic E-state index is 12.9. The van der Waals surface area contributed by atoms with Crippen molar-refractivity contribution in [3.63, 3.8) is 0 Å². The Kier molecular flexibility index (Phi) is 5.39. The first-order chi connectivity index (χ1) is 9.69. The molecule has 0 saturated heterocycles. The Bertz CT molecular complexity index is 574. The van der Waals surface area contributed by atoms with Gasteiger partial charge >= 0.3 is 0 Å². The lowest BCUT2D eigenvalue weighted by Gasteiger charge is -2.09. The van der Waals surface area contributed by atoms with Crippen LogP contribution in [0.15, 0.2) is 42.5 Å². The Morgan fingerprint density at radius 3 is 2.70 bits per heavy atom. The fourth-order valence-electron chi connectivity index (χ4n) is 1.85. The number of hydrogen-bond donors (Lipinski definition) is 1. The highest BCUT2D eigenvalue weighted by Gasteiger charge is 2.04. The van der Waals surface area contributed by atoms with Crippen molar-refractivity contribution in [1.29, 1.82) is 0 Å². The van der Waals surface area contributed by atoms with Gasteiger partial charge in [0, 0.05) is 6.54 Å². The number of nitrogens with one attached hydrogen (secondary N) is 1. The largest absolute Gasteiger partial charge is 0.487 e. The van der Waals surface area contributed by atoms with Crippen LogP contribution in [-0.2, 0) is 13.2 Å². The molecule has 0 aliphatic heterocycles. The highest BCUT2D eigenvalue weighted by molar-refractivity contribution is 6.32. The van der Waals surface area contributed by atoms with Gasteiger partial charge in [0.05, 0.1) is 5.02 Å². The molecule has 0 amide bonds. The van der Waals surface area contributed by atoms with Crippen LogP contribution in [0.3, 0.4) is 0 Å². The number of halogens is 2. The highest BCUT2D eigenvalue weighted by atomic mass is 35.5. The van der Waals surface area contributed by atoms with Crippen LogP contribution in [-0.4, -0.2) is 6.54 Å². The van der Waals surface area contributed by atoms with Crippen LogP contribution in [0.25, 0.3) is 0 Å². The third-order valence-corrected chi connectivity index (χ3v) is 3.15. The molecule has 0 heterocycles. The van der Waals surface area contributed by atoms with Gasteiger partial charge in [0.25, 0.3) is 0 Å². The first-order valence-electron chi connectivity index (χ1n) is 6.55. The van der Waals surface area contributed by atoms with E-state index in [2.05, 4.69) is 24.4 Å². The molecule has 0 aliphatic carbocycles. The molecule has 1 N–H and O–H groups in total. The summed E-state index contributed by atoms with van der Waals surface area (Å²) < 4.78 is 18.6. The van der Waals surface area contributed by atoms with Gasteiger partial charge in [-0.25, -0.2) is 4.39 Å². The summed E-state index contributed by atoms with van der Waals surface area (Å²) in [5.41, 5.74) is 2.26. The number of hydrogen-bond acceptors (Lipinski definition) is 2. The van der Waals surface area contributed by atoms with Crippen molar-refractivity contribution in [2.45, 2.75) is 20.1 Å². The van der Waals surface area contributed by atoms with Gasteiger partial charge in [0.1, 0.15) is 18.2 Å². The molecule has 0 aliphatic rings. The van der Waals surface area contributed by atoms with E-state index in [1.165, 1.54) is 17.7 Å². The van der Waals surface area contributed by atoms with E-state index < -0.39 is 0 Å². The van der Waals surface area contributed by atoms with Crippen molar-refractivity contribution in [1.82, 2.24) is 5.32 Å². The van der Waals surface area contributed by atoms with Gasteiger partial charge in [-0.15, -0.1) is 0 Å². The summed E-state index contributed by atoms with van der Waals surface area (Å²) in [6, 6.07) is 12.3. The van der Waals surface area contributed by atoms with E-state index in [9.17, 15) is 4.39 Å². The lowest BCUT2D eigenvalue weighted by atomic mass is 10.1. The van der Waals surface area contributed by atoms with Crippen molar-refractivity contribution < 1.29 is 9.13 Å². The predicted molar refractivity (Wildman–Crippen MR) is 79.6 cm³/mol. The molecule has 0 atom stereocenters. The molecule has 106 valence electrons. The minimum atomic E-state index is -0.366. The first-order valence-corrected chi connectivity index (χ1v) is 6.93. The van der Waals surface area contributed by atoms with Crippen molar-refractivity contribution in [2.75, 3.05) is 6.54 Å². The third kappa shape index (κ3) is 4.22. The van der Waals surface area contributed by atoms with Crippen molar-refractivity contribution >= 4 is 11.6 Å². The molecule has 2 nitrogen and oxygen atoms in total. The molecule has 0 unspecified atom stereocenters. The second-order valence-corrected chi connectivity index (χ2v) is 4.87. The average molecular weight is 294 g/mol. The highest BCUT2D eigenvalue weighted by Crippen LogP contribution is 2.25. The van der Waals surface area contributed by atoms with Crippen LogP contribution in [0, 0.1) is 5.82 Å². The Hall–Kier alpha value is -1.58. The van der Waals surface area contributed by atoms with E-state index in [1.54, 1.807) is 6.07 Å². The Labute approximate surface area is 123 Å². The fraction of sp³-hybridized carbons (Fsp3) is 0.250. The molecule has 0 spiro atoms. The molecular formula is C16H17ClFNO. The normalized spacial score (nSPS) is 10.6. The minimum absolute atomic E-state index is 0.286. The van der Waals surface area contributed by atoms with Crippen LogP contribution in [0.2, 0.25) is 5.02 Å². The quantitative estimate of drug-likeness (QED) is 0.863. The summed E-state index contributed by atoms with van der Waals surface area (Å²) in [4.78, 5) is 0. The van der Waals surface area contributed by atoms with Crippen molar-refractivity contribution in [3.8, 4) is 5.75 Å². The number of rotatable bonds is 6. The Morgan fingerprint density at radius 2 is 1.95 bits per heavy atom. The lowest BCUT2D eigenvalue weighted by molar-refractivity contribution is 0.306. The Balaban J connectivity index is 1.99. The van der Waals surface area contributed by atoms with Gasteiger partial charge in [-0.2, -0.15) is 0 Å². The van der Waals surface area contributed by atoms with E-state index in [1.807, 2.05) is 12.1 Å². The summed E-state index contributed by atoms with van der Waals surface area (Å²) in [5, 5.41) is 3.56. The number of benzene rings is 2. The van der Waals surface area contributed by atoms with Crippen LogP contribution >= 0.6 is 11.6 Å². The summed E-state index contributed by atoms with van der Waals surface area (Å²) in [5.74, 6) is 0.125. The molecule has 0 bridgehead atoms. The van der Waals surface area contributed by atoms with E-state index in [0.29, 0.717) is 12.4 Å².